The maximum absolute atomic E-state index is 13.0. The zero-order valence-electron chi connectivity index (χ0n) is 19.1. The minimum Gasteiger partial charge on any atom is -0.463 e. The quantitative estimate of drug-likeness (QED) is 0.523. The van der Waals surface area contributed by atoms with Crippen LogP contribution in [0.4, 0.5) is 4.79 Å². The first-order valence-corrected chi connectivity index (χ1v) is 11.2. The first-order chi connectivity index (χ1) is 16.5. The van der Waals surface area contributed by atoms with E-state index in [-0.39, 0.29) is 25.8 Å². The van der Waals surface area contributed by atoms with Crippen LogP contribution in [0.15, 0.2) is 84.1 Å². The third-order valence-electron chi connectivity index (χ3n) is 5.76. The number of allylic oxidation sites excluding steroid dienone is 1. The van der Waals surface area contributed by atoms with Crippen LogP contribution >= 0.6 is 0 Å². The molecule has 0 spiro atoms. The van der Waals surface area contributed by atoms with Crippen molar-refractivity contribution < 1.29 is 23.9 Å². The second kappa shape index (κ2) is 10.2. The molecule has 0 saturated heterocycles. The SMILES string of the molecule is CCOC(=O)C1=C(C)N(CCOC(=O)c2ccccc2)C(=O)NC1c1ccc2ccccc2c1. The van der Waals surface area contributed by atoms with E-state index in [2.05, 4.69) is 5.32 Å². The van der Waals surface area contributed by atoms with Crippen LogP contribution in [-0.2, 0) is 14.3 Å². The van der Waals surface area contributed by atoms with E-state index in [9.17, 15) is 14.4 Å². The molecule has 0 radical (unpaired) electrons. The summed E-state index contributed by atoms with van der Waals surface area (Å²) in [6, 6.07) is 21.3. The fourth-order valence-corrected chi connectivity index (χ4v) is 4.05. The third-order valence-corrected chi connectivity index (χ3v) is 5.76. The summed E-state index contributed by atoms with van der Waals surface area (Å²) < 4.78 is 10.6. The van der Waals surface area contributed by atoms with Gasteiger partial charge in [0.1, 0.15) is 6.61 Å². The van der Waals surface area contributed by atoms with Crippen molar-refractivity contribution in [1.82, 2.24) is 10.2 Å². The van der Waals surface area contributed by atoms with Crippen LogP contribution in [0.5, 0.6) is 0 Å². The van der Waals surface area contributed by atoms with E-state index in [0.717, 1.165) is 16.3 Å². The molecule has 0 aromatic heterocycles. The molecule has 174 valence electrons. The van der Waals surface area contributed by atoms with Crippen LogP contribution in [0, 0.1) is 0 Å². The molecule has 1 aliphatic heterocycles. The van der Waals surface area contributed by atoms with E-state index in [0.29, 0.717) is 16.8 Å². The molecule has 1 N–H and O–H groups in total. The van der Waals surface area contributed by atoms with Crippen LogP contribution < -0.4 is 5.32 Å². The number of amides is 2. The zero-order chi connectivity index (χ0) is 24.1. The molecule has 1 unspecified atom stereocenters. The molecular weight excluding hydrogens is 432 g/mol. The number of hydrogen-bond donors (Lipinski definition) is 1. The number of urea groups is 1. The van der Waals surface area contributed by atoms with Crippen molar-refractivity contribution in [3.8, 4) is 0 Å². The molecule has 7 nitrogen and oxygen atoms in total. The van der Waals surface area contributed by atoms with Gasteiger partial charge in [0.05, 0.1) is 30.3 Å². The van der Waals surface area contributed by atoms with Gasteiger partial charge >= 0.3 is 18.0 Å². The van der Waals surface area contributed by atoms with E-state index >= 15 is 0 Å². The molecule has 1 atom stereocenters. The highest BCUT2D eigenvalue weighted by molar-refractivity contribution is 5.95. The first-order valence-electron chi connectivity index (χ1n) is 11.2. The number of ether oxygens (including phenoxy) is 2. The molecule has 0 fully saturated rings. The molecule has 0 aliphatic carbocycles. The van der Waals surface area contributed by atoms with Gasteiger partial charge in [0.25, 0.3) is 0 Å². The Kier molecular flexibility index (Phi) is 6.92. The average molecular weight is 459 g/mol. The lowest BCUT2D eigenvalue weighted by Crippen LogP contribution is -2.49. The maximum Gasteiger partial charge on any atom is 0.338 e. The van der Waals surface area contributed by atoms with Gasteiger partial charge in [0.15, 0.2) is 0 Å². The summed E-state index contributed by atoms with van der Waals surface area (Å²) in [5.74, 6) is -0.969. The van der Waals surface area contributed by atoms with Gasteiger partial charge in [0.2, 0.25) is 0 Å². The number of carbonyl (C=O) groups is 3. The van der Waals surface area contributed by atoms with Crippen molar-refractivity contribution in [2.45, 2.75) is 19.9 Å². The molecule has 34 heavy (non-hydrogen) atoms. The van der Waals surface area contributed by atoms with E-state index in [4.69, 9.17) is 9.47 Å². The predicted molar refractivity (Wildman–Crippen MR) is 128 cm³/mol. The number of nitrogens with zero attached hydrogens (tertiary/aromatic N) is 1. The predicted octanol–water partition coefficient (Wildman–Crippen LogP) is 4.60. The Morgan fingerprint density at radius 2 is 1.62 bits per heavy atom. The van der Waals surface area contributed by atoms with Gasteiger partial charge in [-0.15, -0.1) is 0 Å². The second-order valence-electron chi connectivity index (χ2n) is 7.86. The Morgan fingerprint density at radius 1 is 0.912 bits per heavy atom. The van der Waals surface area contributed by atoms with E-state index < -0.39 is 18.0 Å². The lowest BCUT2D eigenvalue weighted by atomic mass is 9.93. The summed E-state index contributed by atoms with van der Waals surface area (Å²) in [5.41, 5.74) is 2.04. The Hall–Kier alpha value is -4.13. The first kappa shape index (κ1) is 23.0. The number of benzene rings is 3. The molecule has 3 aromatic carbocycles. The van der Waals surface area contributed by atoms with Gasteiger partial charge in [-0.2, -0.15) is 0 Å². The maximum atomic E-state index is 13.0. The summed E-state index contributed by atoms with van der Waals surface area (Å²) in [6.07, 6.45) is 0. The van der Waals surface area contributed by atoms with Gasteiger partial charge in [-0.3, -0.25) is 4.90 Å². The molecule has 0 bridgehead atoms. The van der Waals surface area contributed by atoms with Gasteiger partial charge in [-0.05, 0) is 48.4 Å². The van der Waals surface area contributed by atoms with Crippen LogP contribution in [0.3, 0.4) is 0 Å². The molecule has 1 heterocycles. The van der Waals surface area contributed by atoms with Crippen molar-refractivity contribution in [1.29, 1.82) is 0 Å². The molecular formula is C27H26N2O5. The van der Waals surface area contributed by atoms with E-state index in [1.807, 2.05) is 48.5 Å². The van der Waals surface area contributed by atoms with Crippen LogP contribution in [0.25, 0.3) is 10.8 Å². The largest absolute Gasteiger partial charge is 0.463 e. The Morgan fingerprint density at radius 3 is 2.35 bits per heavy atom. The van der Waals surface area contributed by atoms with Gasteiger partial charge < -0.3 is 14.8 Å². The highest BCUT2D eigenvalue weighted by Crippen LogP contribution is 2.32. The van der Waals surface area contributed by atoms with Gasteiger partial charge in [-0.25, -0.2) is 14.4 Å². The number of esters is 2. The summed E-state index contributed by atoms with van der Waals surface area (Å²) in [7, 11) is 0. The molecule has 4 rings (SSSR count). The van der Waals surface area contributed by atoms with Crippen molar-refractivity contribution in [3.63, 3.8) is 0 Å². The fourth-order valence-electron chi connectivity index (χ4n) is 4.05. The summed E-state index contributed by atoms with van der Waals surface area (Å²) >= 11 is 0. The molecule has 2 amide bonds. The van der Waals surface area contributed by atoms with Crippen molar-refractivity contribution in [2.24, 2.45) is 0 Å². The lowest BCUT2D eigenvalue weighted by molar-refractivity contribution is -0.139. The Balaban J connectivity index is 1.59. The summed E-state index contributed by atoms with van der Waals surface area (Å²) in [6.45, 7) is 3.74. The van der Waals surface area contributed by atoms with Gasteiger partial charge in [-0.1, -0.05) is 54.6 Å². The third kappa shape index (κ3) is 4.78. The highest BCUT2D eigenvalue weighted by Gasteiger charge is 2.36. The lowest BCUT2D eigenvalue weighted by Gasteiger charge is -2.35. The summed E-state index contributed by atoms with van der Waals surface area (Å²) in [4.78, 5) is 39.6. The molecule has 7 heteroatoms. The fraction of sp³-hybridized carbons (Fsp3) is 0.222. The van der Waals surface area contributed by atoms with Crippen molar-refractivity contribution in [3.05, 3.63) is 95.2 Å². The zero-order valence-corrected chi connectivity index (χ0v) is 19.1. The number of nitrogens with one attached hydrogen (secondary N) is 1. The second-order valence-corrected chi connectivity index (χ2v) is 7.86. The van der Waals surface area contributed by atoms with E-state index in [1.54, 1.807) is 38.1 Å². The number of fused-ring (bicyclic) bond motifs is 1. The molecule has 1 aliphatic rings. The monoisotopic (exact) mass is 458 g/mol. The highest BCUT2D eigenvalue weighted by atomic mass is 16.5. The number of hydrogen-bond acceptors (Lipinski definition) is 5. The van der Waals surface area contributed by atoms with E-state index in [1.165, 1.54) is 4.90 Å². The van der Waals surface area contributed by atoms with Crippen LogP contribution in [0.2, 0.25) is 0 Å². The molecule has 0 saturated carbocycles. The van der Waals surface area contributed by atoms with Crippen molar-refractivity contribution in [2.75, 3.05) is 19.8 Å². The Bertz CT molecular complexity index is 1250. The van der Waals surface area contributed by atoms with Crippen LogP contribution in [-0.4, -0.2) is 42.6 Å². The van der Waals surface area contributed by atoms with Crippen LogP contribution in [0.1, 0.15) is 35.8 Å². The smallest absolute Gasteiger partial charge is 0.338 e. The van der Waals surface area contributed by atoms with Gasteiger partial charge in [0, 0.05) is 5.70 Å². The summed E-state index contributed by atoms with van der Waals surface area (Å²) in [5, 5.41) is 4.99. The number of carbonyl (C=O) groups excluding carboxylic acids is 3. The molecule has 3 aromatic rings. The minimum absolute atomic E-state index is 0.0186. The Labute approximate surface area is 198 Å². The minimum atomic E-state index is -0.653. The standard InChI is InChI=1S/C27H26N2O5/c1-3-33-26(31)23-18(2)29(15-16-34-25(30)20-10-5-4-6-11-20)27(32)28-24(23)22-14-13-19-9-7-8-12-21(19)17-22/h4-14,17,24H,3,15-16H2,1-2H3,(H,28,32). The van der Waals surface area contributed by atoms with Crippen molar-refractivity contribution >= 4 is 28.7 Å². The average Bonchev–Trinajstić information content (AvgIpc) is 2.85. The normalized spacial score (nSPS) is 15.8. The topological polar surface area (TPSA) is 84.9 Å². The number of rotatable bonds is 7.